The lowest BCUT2D eigenvalue weighted by Crippen LogP contribution is -2.53. The topological polar surface area (TPSA) is 160 Å². The Morgan fingerprint density at radius 2 is 1.64 bits per heavy atom. The molecule has 3 rings (SSSR count). The van der Waals surface area contributed by atoms with E-state index in [0.717, 1.165) is 22.1 Å². The molecule has 2 atom stereocenters. The fourth-order valence-corrected chi connectivity index (χ4v) is 5.14. The molecule has 1 heterocycles. The van der Waals surface area contributed by atoms with Gasteiger partial charge in [0.05, 0.1) is 18.5 Å². The van der Waals surface area contributed by atoms with Crippen LogP contribution in [-0.4, -0.2) is 78.5 Å². The van der Waals surface area contributed by atoms with Gasteiger partial charge in [0, 0.05) is 55.9 Å². The molecule has 3 aromatic rings. The van der Waals surface area contributed by atoms with Crippen molar-refractivity contribution in [1.82, 2.24) is 31.4 Å². The first-order valence-corrected chi connectivity index (χ1v) is 17.0. The number of urea groups is 1. The number of benzene rings is 2. The van der Waals surface area contributed by atoms with Crippen molar-refractivity contribution in [2.45, 2.75) is 84.9 Å². The van der Waals surface area contributed by atoms with Crippen molar-refractivity contribution in [3.8, 4) is 0 Å². The molecule has 1 unspecified atom stereocenters. The van der Waals surface area contributed by atoms with Gasteiger partial charge in [-0.15, -0.1) is 0 Å². The number of amides is 4. The van der Waals surface area contributed by atoms with E-state index in [0.29, 0.717) is 23.8 Å². The molecule has 2 aromatic carbocycles. The second kappa shape index (κ2) is 19.2. The van der Waals surface area contributed by atoms with Crippen LogP contribution in [-0.2, 0) is 41.7 Å². The summed E-state index contributed by atoms with van der Waals surface area (Å²) in [6.07, 6.45) is 0.970. The molecule has 14 heteroatoms. The van der Waals surface area contributed by atoms with Gasteiger partial charge in [0.2, 0.25) is 11.8 Å². The summed E-state index contributed by atoms with van der Waals surface area (Å²) in [6, 6.07) is 12.9. The Kier molecular flexibility index (Phi) is 15.4. The van der Waals surface area contributed by atoms with Crippen LogP contribution in [0.25, 0.3) is 10.9 Å². The monoisotopic (exact) mass is 712 g/mol. The zero-order valence-corrected chi connectivity index (χ0v) is 30.6. The Balaban J connectivity index is 1.66. The summed E-state index contributed by atoms with van der Waals surface area (Å²) in [5.74, 6) is -1.90. The van der Waals surface area contributed by atoms with Crippen LogP contribution in [0.1, 0.15) is 70.6 Å². The van der Waals surface area contributed by atoms with Crippen LogP contribution in [0.5, 0.6) is 0 Å². The molecule has 50 heavy (non-hydrogen) atoms. The molecule has 272 valence electrons. The van der Waals surface area contributed by atoms with Gasteiger partial charge in [-0.3, -0.25) is 24.8 Å². The highest BCUT2D eigenvalue weighted by atomic mass is 35.5. The molecule has 4 N–H and O–H groups in total. The molecule has 0 spiro atoms. The van der Waals surface area contributed by atoms with Gasteiger partial charge < -0.3 is 30.2 Å². The van der Waals surface area contributed by atoms with E-state index in [1.54, 1.807) is 51.2 Å². The van der Waals surface area contributed by atoms with Crippen molar-refractivity contribution >= 4 is 46.3 Å². The van der Waals surface area contributed by atoms with E-state index in [1.165, 1.54) is 12.1 Å². The van der Waals surface area contributed by atoms with Crippen molar-refractivity contribution < 1.29 is 33.4 Å². The predicted molar refractivity (Wildman–Crippen MR) is 191 cm³/mol. The number of ether oxygens (including phenoxy) is 3. The number of hydrogen-bond donors (Lipinski definition) is 4. The molecule has 0 aliphatic carbocycles. The molecule has 0 saturated heterocycles. The molecular formula is C36H49ClN6O7. The van der Waals surface area contributed by atoms with Gasteiger partial charge in [0.25, 0.3) is 0 Å². The summed E-state index contributed by atoms with van der Waals surface area (Å²) >= 11 is 5.90. The highest BCUT2D eigenvalue weighted by molar-refractivity contribution is 6.30. The van der Waals surface area contributed by atoms with E-state index < -0.39 is 48.2 Å². The Hall–Kier alpha value is -4.30. The maximum Gasteiger partial charge on any atom is 0.329 e. The largest absolute Gasteiger partial charge is 0.460 e. The van der Waals surface area contributed by atoms with Crippen LogP contribution in [0.2, 0.25) is 5.02 Å². The molecule has 0 radical (unpaired) electrons. The lowest BCUT2D eigenvalue weighted by Gasteiger charge is -2.24. The Labute approximate surface area is 298 Å². The smallest absolute Gasteiger partial charge is 0.329 e. The summed E-state index contributed by atoms with van der Waals surface area (Å²) in [7, 11) is 1.50. The Morgan fingerprint density at radius 1 is 0.960 bits per heavy atom. The number of aromatic nitrogens is 1. The van der Waals surface area contributed by atoms with Gasteiger partial charge >= 0.3 is 12.0 Å². The summed E-state index contributed by atoms with van der Waals surface area (Å²) in [6.45, 7) is 12.1. The number of esters is 1. The number of carbonyl (C=O) groups is 4. The van der Waals surface area contributed by atoms with Gasteiger partial charge in [-0.05, 0) is 69.5 Å². The van der Waals surface area contributed by atoms with Crippen LogP contribution in [0.3, 0.4) is 0 Å². The number of likely N-dealkylation sites (N-methyl/N-ethyl adjacent to an activating group) is 1. The fraction of sp³-hybridized carbons (Fsp3) is 0.472. The minimum Gasteiger partial charge on any atom is -0.460 e. The van der Waals surface area contributed by atoms with Gasteiger partial charge in [-0.2, -0.15) is 0 Å². The lowest BCUT2D eigenvalue weighted by molar-refractivity contribution is -0.156. The zero-order chi connectivity index (χ0) is 36.8. The molecule has 0 bridgehead atoms. The predicted octanol–water partition coefficient (Wildman–Crippen LogP) is 4.57. The van der Waals surface area contributed by atoms with E-state index in [9.17, 15) is 19.2 Å². The maximum atomic E-state index is 13.5. The summed E-state index contributed by atoms with van der Waals surface area (Å²) in [5.41, 5.74) is 4.99. The Morgan fingerprint density at radius 3 is 2.28 bits per heavy atom. The van der Waals surface area contributed by atoms with Gasteiger partial charge in [0.15, 0.2) is 6.29 Å². The number of rotatable bonds is 17. The molecule has 0 saturated carbocycles. The number of fused-ring (bicyclic) bond motifs is 1. The molecule has 4 amide bonds. The molecule has 0 fully saturated rings. The van der Waals surface area contributed by atoms with Crippen molar-refractivity contribution in [3.63, 3.8) is 0 Å². The van der Waals surface area contributed by atoms with E-state index in [4.69, 9.17) is 30.8 Å². The first-order valence-electron chi connectivity index (χ1n) is 16.6. The van der Waals surface area contributed by atoms with Crippen molar-refractivity contribution in [2.24, 2.45) is 0 Å². The van der Waals surface area contributed by atoms with Gasteiger partial charge in [-0.1, -0.05) is 48.9 Å². The number of pyridine rings is 1. The van der Waals surface area contributed by atoms with Gasteiger partial charge in [-0.25, -0.2) is 9.80 Å². The van der Waals surface area contributed by atoms with Gasteiger partial charge in [0.1, 0.15) is 11.6 Å². The van der Waals surface area contributed by atoms with Crippen molar-refractivity contribution in [2.75, 3.05) is 26.8 Å². The minimum atomic E-state index is -1.24. The molecule has 0 aliphatic rings. The van der Waals surface area contributed by atoms with Crippen LogP contribution in [0.15, 0.2) is 54.7 Å². The van der Waals surface area contributed by atoms with E-state index >= 15 is 0 Å². The fourth-order valence-electron chi connectivity index (χ4n) is 5.01. The number of nitrogens with zero attached hydrogens (tertiary/aromatic N) is 2. The van der Waals surface area contributed by atoms with E-state index in [-0.39, 0.29) is 25.6 Å². The highest BCUT2D eigenvalue weighted by Gasteiger charge is 2.28. The number of para-hydroxylation sites is 1. The van der Waals surface area contributed by atoms with E-state index in [2.05, 4.69) is 21.4 Å². The normalized spacial score (nSPS) is 12.8. The highest BCUT2D eigenvalue weighted by Crippen LogP contribution is 2.26. The average Bonchev–Trinajstić information content (AvgIpc) is 3.04. The maximum absolute atomic E-state index is 13.5. The third-order valence-electron chi connectivity index (χ3n) is 7.35. The summed E-state index contributed by atoms with van der Waals surface area (Å²) in [5, 5.41) is 10.9. The number of halogens is 1. The molecule has 1 aromatic heterocycles. The van der Waals surface area contributed by atoms with Crippen molar-refractivity contribution in [1.29, 1.82) is 0 Å². The SMILES string of the molecule is CCOC(OCC)C(C)c1cnc2c(CNC(=O)[C@H](CC(=O)OC(C)(C)C)NC(=O)CN(C)NC(=O)NCc3ccc(Cl)cc3)cccc2c1. The van der Waals surface area contributed by atoms with Crippen LogP contribution in [0.4, 0.5) is 4.79 Å². The quantitative estimate of drug-likeness (QED) is 0.0893. The standard InChI is InChI=1S/C36H49ClN6O7/c1-8-48-34(49-9-2)23(3)27-17-25-11-10-12-26(32(25)38-21-27)20-39-33(46)29(18-31(45)50-36(4,5)6)41-30(44)22-43(7)42-35(47)40-19-24-13-15-28(37)16-14-24/h10-17,21,23,29,34H,8-9,18-20,22H2,1-7H3,(H,39,46)(H,41,44)(H2,40,42,47)/t23?,29-/m0/s1. The average molecular weight is 713 g/mol. The minimum absolute atomic E-state index is 0.0645. The zero-order valence-electron chi connectivity index (χ0n) is 29.8. The number of nitrogens with one attached hydrogen (secondary N) is 4. The molecule has 0 aliphatic heterocycles. The second-order valence-corrected chi connectivity index (χ2v) is 13.2. The lowest BCUT2D eigenvalue weighted by atomic mass is 9.99. The number of carbonyl (C=O) groups excluding carboxylic acids is 4. The molecular weight excluding hydrogens is 664 g/mol. The van der Waals surface area contributed by atoms with Crippen LogP contribution in [0, 0.1) is 0 Å². The third-order valence-corrected chi connectivity index (χ3v) is 7.60. The second-order valence-electron chi connectivity index (χ2n) is 12.7. The first-order chi connectivity index (χ1) is 23.7. The third kappa shape index (κ3) is 13.2. The van der Waals surface area contributed by atoms with Crippen LogP contribution < -0.4 is 21.4 Å². The van der Waals surface area contributed by atoms with E-state index in [1.807, 2.05) is 45.0 Å². The van der Waals surface area contributed by atoms with Crippen molar-refractivity contribution in [3.05, 3.63) is 76.4 Å². The first kappa shape index (κ1) is 40.1. The summed E-state index contributed by atoms with van der Waals surface area (Å²) < 4.78 is 17.0. The Bertz CT molecular complexity index is 1590. The molecule has 13 nitrogen and oxygen atoms in total. The number of hydrogen-bond acceptors (Lipinski definition) is 9. The van der Waals surface area contributed by atoms with Crippen LogP contribution >= 0.6 is 11.6 Å². The summed E-state index contributed by atoms with van der Waals surface area (Å²) in [4.78, 5) is 56.2. The number of hydrazine groups is 1.